The van der Waals surface area contributed by atoms with Crippen molar-refractivity contribution in [3.8, 4) is 0 Å². The zero-order chi connectivity index (χ0) is 18.8. The van der Waals surface area contributed by atoms with Crippen LogP contribution in [0.3, 0.4) is 0 Å². The van der Waals surface area contributed by atoms with Crippen LogP contribution in [0.25, 0.3) is 6.08 Å². The molecule has 3 aromatic carbocycles. The number of carbonyl (C=O) groups is 1. The maximum absolute atomic E-state index is 13.2. The number of benzene rings is 3. The number of amides is 1. The van der Waals surface area contributed by atoms with E-state index in [2.05, 4.69) is 20.9 Å². The molecular formula is C22H14BrClN2O. The van der Waals surface area contributed by atoms with Gasteiger partial charge in [-0.2, -0.15) is 0 Å². The minimum absolute atomic E-state index is 0.170. The molecule has 1 aliphatic rings. The highest BCUT2D eigenvalue weighted by Gasteiger charge is 2.32. The Labute approximate surface area is 170 Å². The first-order valence-corrected chi connectivity index (χ1v) is 9.50. The van der Waals surface area contributed by atoms with Crippen molar-refractivity contribution in [1.82, 2.24) is 0 Å². The maximum Gasteiger partial charge on any atom is 0.282 e. The molecule has 0 spiro atoms. The Kier molecular flexibility index (Phi) is 4.92. The highest BCUT2D eigenvalue weighted by atomic mass is 79.9. The third kappa shape index (κ3) is 3.72. The van der Waals surface area contributed by atoms with E-state index in [0.717, 1.165) is 21.3 Å². The number of anilines is 1. The molecular weight excluding hydrogens is 424 g/mol. The van der Waals surface area contributed by atoms with Crippen molar-refractivity contribution in [2.45, 2.75) is 0 Å². The summed E-state index contributed by atoms with van der Waals surface area (Å²) in [5.41, 5.74) is 2.90. The van der Waals surface area contributed by atoms with Gasteiger partial charge < -0.3 is 0 Å². The monoisotopic (exact) mass is 436 g/mol. The highest BCUT2D eigenvalue weighted by molar-refractivity contribution is 9.10. The number of amidine groups is 1. The lowest BCUT2D eigenvalue weighted by Gasteiger charge is -2.18. The fourth-order valence-electron chi connectivity index (χ4n) is 2.88. The molecule has 1 heterocycles. The van der Waals surface area contributed by atoms with E-state index in [-0.39, 0.29) is 5.91 Å². The Morgan fingerprint density at radius 3 is 2.37 bits per heavy atom. The molecule has 0 radical (unpaired) electrons. The van der Waals surface area contributed by atoms with Gasteiger partial charge in [0, 0.05) is 15.1 Å². The van der Waals surface area contributed by atoms with Gasteiger partial charge in [-0.25, -0.2) is 4.99 Å². The van der Waals surface area contributed by atoms with E-state index in [1.807, 2.05) is 66.7 Å². The Balaban J connectivity index is 1.82. The first-order valence-electron chi connectivity index (χ1n) is 8.33. The van der Waals surface area contributed by atoms with Crippen LogP contribution in [0.4, 0.5) is 5.69 Å². The molecule has 132 valence electrons. The second-order valence-corrected chi connectivity index (χ2v) is 7.36. The summed E-state index contributed by atoms with van der Waals surface area (Å²) >= 11 is 9.47. The van der Waals surface area contributed by atoms with Gasteiger partial charge in [-0.05, 0) is 48.0 Å². The second-order valence-electron chi connectivity index (χ2n) is 6.00. The zero-order valence-corrected chi connectivity index (χ0v) is 16.5. The summed E-state index contributed by atoms with van der Waals surface area (Å²) in [5, 5.41) is 0.619. The fraction of sp³-hybridized carbons (Fsp3) is 0. The molecule has 0 saturated carbocycles. The normalized spacial score (nSPS) is 15.3. The minimum atomic E-state index is -0.170. The summed E-state index contributed by atoms with van der Waals surface area (Å²) in [6, 6.07) is 24.6. The summed E-state index contributed by atoms with van der Waals surface area (Å²) in [5.74, 6) is 0.431. The smallest absolute Gasteiger partial charge is 0.266 e. The van der Waals surface area contributed by atoms with Crippen molar-refractivity contribution in [3.05, 3.63) is 105 Å². The van der Waals surface area contributed by atoms with Crippen LogP contribution >= 0.6 is 27.5 Å². The predicted molar refractivity (Wildman–Crippen MR) is 114 cm³/mol. The van der Waals surface area contributed by atoms with Gasteiger partial charge in [-0.15, -0.1) is 0 Å². The van der Waals surface area contributed by atoms with E-state index < -0.39 is 0 Å². The highest BCUT2D eigenvalue weighted by Crippen LogP contribution is 2.29. The summed E-state index contributed by atoms with van der Waals surface area (Å²) < 4.78 is 0.948. The van der Waals surface area contributed by atoms with Crippen LogP contribution in [0.1, 0.15) is 11.1 Å². The van der Waals surface area contributed by atoms with Crippen molar-refractivity contribution in [3.63, 3.8) is 0 Å². The molecule has 0 bridgehead atoms. The van der Waals surface area contributed by atoms with Crippen molar-refractivity contribution < 1.29 is 4.79 Å². The molecule has 0 fully saturated rings. The van der Waals surface area contributed by atoms with Crippen LogP contribution in [0.2, 0.25) is 5.02 Å². The molecule has 0 saturated heterocycles. The van der Waals surface area contributed by atoms with E-state index in [1.165, 1.54) is 0 Å². The third-order valence-corrected chi connectivity index (χ3v) is 4.87. The van der Waals surface area contributed by atoms with E-state index in [1.54, 1.807) is 23.1 Å². The van der Waals surface area contributed by atoms with E-state index in [9.17, 15) is 4.79 Å². The standard InChI is InChI=1S/C22H14BrClN2O/c23-17-8-4-5-15(13-17)14-20-22(27)26(19-11-9-18(24)10-12-19)21(25-20)16-6-2-1-3-7-16/h1-14H/b20-14+. The molecule has 5 heteroatoms. The number of hydrogen-bond acceptors (Lipinski definition) is 2. The average Bonchev–Trinajstić information content (AvgIpc) is 3.00. The van der Waals surface area contributed by atoms with Crippen molar-refractivity contribution in [2.24, 2.45) is 4.99 Å². The molecule has 0 N–H and O–H groups in total. The first-order chi connectivity index (χ1) is 13.1. The minimum Gasteiger partial charge on any atom is -0.266 e. The van der Waals surface area contributed by atoms with Crippen LogP contribution in [0, 0.1) is 0 Å². The summed E-state index contributed by atoms with van der Waals surface area (Å²) in [4.78, 5) is 19.4. The topological polar surface area (TPSA) is 32.7 Å². The molecule has 3 aromatic rings. The number of rotatable bonds is 3. The fourth-order valence-corrected chi connectivity index (χ4v) is 3.42. The quantitative estimate of drug-likeness (QED) is 0.467. The lowest BCUT2D eigenvalue weighted by molar-refractivity contribution is -0.113. The van der Waals surface area contributed by atoms with Gasteiger partial charge in [0.05, 0.1) is 5.69 Å². The summed E-state index contributed by atoms with van der Waals surface area (Å²) in [6.07, 6.45) is 1.80. The van der Waals surface area contributed by atoms with Gasteiger partial charge >= 0.3 is 0 Å². The largest absolute Gasteiger partial charge is 0.282 e. The summed E-state index contributed by atoms with van der Waals surface area (Å²) in [6.45, 7) is 0. The lowest BCUT2D eigenvalue weighted by atomic mass is 10.1. The van der Waals surface area contributed by atoms with Gasteiger partial charge in [0.2, 0.25) is 0 Å². The van der Waals surface area contributed by atoms with Crippen LogP contribution in [-0.2, 0) is 4.79 Å². The molecule has 0 atom stereocenters. The number of carbonyl (C=O) groups excluding carboxylic acids is 1. The molecule has 27 heavy (non-hydrogen) atoms. The van der Waals surface area contributed by atoms with Crippen LogP contribution in [0.15, 0.2) is 94.0 Å². The Morgan fingerprint density at radius 2 is 1.67 bits per heavy atom. The van der Waals surface area contributed by atoms with Crippen LogP contribution in [-0.4, -0.2) is 11.7 Å². The second kappa shape index (κ2) is 7.51. The van der Waals surface area contributed by atoms with E-state index in [0.29, 0.717) is 16.6 Å². The molecule has 0 aliphatic carbocycles. The lowest BCUT2D eigenvalue weighted by Crippen LogP contribution is -2.32. The van der Waals surface area contributed by atoms with Crippen LogP contribution < -0.4 is 4.90 Å². The molecule has 0 unspecified atom stereocenters. The van der Waals surface area contributed by atoms with Gasteiger partial charge in [0.15, 0.2) is 0 Å². The third-order valence-electron chi connectivity index (χ3n) is 4.13. The van der Waals surface area contributed by atoms with Gasteiger partial charge in [-0.3, -0.25) is 9.69 Å². The van der Waals surface area contributed by atoms with Crippen LogP contribution in [0.5, 0.6) is 0 Å². The average molecular weight is 438 g/mol. The van der Waals surface area contributed by atoms with E-state index >= 15 is 0 Å². The van der Waals surface area contributed by atoms with Gasteiger partial charge in [-0.1, -0.05) is 70.0 Å². The molecule has 3 nitrogen and oxygen atoms in total. The van der Waals surface area contributed by atoms with E-state index in [4.69, 9.17) is 11.6 Å². The summed E-state index contributed by atoms with van der Waals surface area (Å²) in [7, 11) is 0. The molecule has 1 amide bonds. The van der Waals surface area contributed by atoms with Crippen molar-refractivity contribution >= 4 is 51.0 Å². The predicted octanol–water partition coefficient (Wildman–Crippen LogP) is 5.94. The maximum atomic E-state index is 13.2. The van der Waals surface area contributed by atoms with Gasteiger partial charge in [0.1, 0.15) is 11.5 Å². The SMILES string of the molecule is O=C1/C(=C\c2cccc(Br)c2)N=C(c2ccccc2)N1c1ccc(Cl)cc1. The van der Waals surface area contributed by atoms with Crippen molar-refractivity contribution in [2.75, 3.05) is 4.90 Å². The number of halogens is 2. The van der Waals surface area contributed by atoms with Gasteiger partial charge in [0.25, 0.3) is 5.91 Å². The number of hydrogen-bond donors (Lipinski definition) is 0. The Hall–Kier alpha value is -2.69. The zero-order valence-electron chi connectivity index (χ0n) is 14.1. The Morgan fingerprint density at radius 1 is 0.926 bits per heavy atom. The Bertz CT molecular complexity index is 1060. The molecule has 1 aliphatic heterocycles. The number of nitrogens with zero attached hydrogens (tertiary/aromatic N) is 2. The molecule has 4 rings (SSSR count). The molecule has 0 aromatic heterocycles. The van der Waals surface area contributed by atoms with Crippen molar-refractivity contribution in [1.29, 1.82) is 0 Å². The number of aliphatic imine (C=N–C) groups is 1. The first kappa shape index (κ1) is 17.7.